The van der Waals surface area contributed by atoms with E-state index in [4.69, 9.17) is 4.74 Å². The molecule has 2 N–H and O–H groups in total. The number of carbonyl (C=O) groups excluding carboxylic acids is 1. The zero-order valence-corrected chi connectivity index (χ0v) is 19.9. The van der Waals surface area contributed by atoms with Crippen LogP contribution in [0.15, 0.2) is 53.5 Å². The highest BCUT2D eigenvalue weighted by atomic mass is 127. The molecular weight excluding hydrogens is 479 g/mol. The first kappa shape index (κ1) is 24.7. The molecule has 2 aromatic rings. The molecule has 0 bridgehead atoms. The quantitative estimate of drug-likeness (QED) is 0.325. The molecule has 29 heavy (non-hydrogen) atoms. The van der Waals surface area contributed by atoms with E-state index in [0.717, 1.165) is 24.3 Å². The summed E-state index contributed by atoms with van der Waals surface area (Å²) in [5.41, 5.74) is 3.54. The van der Waals surface area contributed by atoms with Gasteiger partial charge in [0.15, 0.2) is 5.96 Å². The van der Waals surface area contributed by atoms with E-state index in [0.29, 0.717) is 12.5 Å². The Morgan fingerprint density at radius 3 is 2.14 bits per heavy atom. The molecule has 0 heterocycles. The van der Waals surface area contributed by atoms with Gasteiger partial charge in [0.05, 0.1) is 13.7 Å². The van der Waals surface area contributed by atoms with Gasteiger partial charge in [0.1, 0.15) is 5.75 Å². The summed E-state index contributed by atoms with van der Waals surface area (Å²) in [7, 11) is 5.30. The number of nitrogens with zero attached hydrogens (tertiary/aromatic N) is 2. The topological polar surface area (TPSA) is 66.0 Å². The van der Waals surface area contributed by atoms with Crippen LogP contribution in [0.3, 0.4) is 0 Å². The van der Waals surface area contributed by atoms with Gasteiger partial charge in [-0.05, 0) is 35.2 Å². The van der Waals surface area contributed by atoms with Crippen LogP contribution in [0, 0.1) is 0 Å². The Labute approximate surface area is 190 Å². The Morgan fingerprint density at radius 1 is 1.00 bits per heavy atom. The first-order valence-electron chi connectivity index (χ1n) is 9.45. The molecule has 0 saturated carbocycles. The Hall–Kier alpha value is -2.29. The van der Waals surface area contributed by atoms with Crippen molar-refractivity contribution in [3.05, 3.63) is 65.2 Å². The SMILES string of the molecule is CCc1ccc(CN(C)C(=NC)NCC(=O)NCc2ccc(OC)cc2)cc1.I. The molecule has 0 atom stereocenters. The number of ether oxygens (including phenoxy) is 1. The van der Waals surface area contributed by atoms with Crippen molar-refractivity contribution in [2.75, 3.05) is 27.7 Å². The van der Waals surface area contributed by atoms with E-state index in [1.54, 1.807) is 14.2 Å². The van der Waals surface area contributed by atoms with E-state index in [9.17, 15) is 4.79 Å². The molecule has 0 unspecified atom stereocenters. The van der Waals surface area contributed by atoms with Gasteiger partial charge in [0.2, 0.25) is 5.91 Å². The Kier molecular flexibility index (Phi) is 11.1. The van der Waals surface area contributed by atoms with Gasteiger partial charge in [0.25, 0.3) is 0 Å². The van der Waals surface area contributed by atoms with Crippen LogP contribution < -0.4 is 15.4 Å². The molecular formula is C22H31IN4O2. The van der Waals surface area contributed by atoms with Crippen molar-refractivity contribution >= 4 is 35.8 Å². The standard InChI is InChI=1S/C22H30N4O2.HI/c1-5-17-6-8-19(9-7-17)16-26(3)22(23-2)25-15-21(27)24-14-18-10-12-20(28-4)13-11-18;/h6-13H,5,14-16H2,1-4H3,(H,23,25)(H,24,27);1H. The molecule has 0 aromatic heterocycles. The summed E-state index contributed by atoms with van der Waals surface area (Å²) in [5, 5.41) is 6.01. The molecule has 0 aliphatic rings. The summed E-state index contributed by atoms with van der Waals surface area (Å²) < 4.78 is 5.13. The first-order chi connectivity index (χ1) is 13.5. The fourth-order valence-electron chi connectivity index (χ4n) is 2.78. The van der Waals surface area contributed by atoms with Gasteiger partial charge in [-0.2, -0.15) is 0 Å². The van der Waals surface area contributed by atoms with Gasteiger partial charge >= 0.3 is 0 Å². The fraction of sp³-hybridized carbons (Fsp3) is 0.364. The van der Waals surface area contributed by atoms with Crippen molar-refractivity contribution in [1.29, 1.82) is 0 Å². The summed E-state index contributed by atoms with van der Waals surface area (Å²) in [6.07, 6.45) is 1.03. The number of guanidine groups is 1. The van der Waals surface area contributed by atoms with E-state index in [2.05, 4.69) is 46.8 Å². The average molecular weight is 510 g/mol. The third kappa shape index (κ3) is 8.31. The maximum Gasteiger partial charge on any atom is 0.239 e. The lowest BCUT2D eigenvalue weighted by molar-refractivity contribution is -0.120. The molecule has 0 saturated heterocycles. The molecule has 158 valence electrons. The number of aryl methyl sites for hydroxylation is 1. The number of amides is 1. The third-order valence-electron chi connectivity index (χ3n) is 4.48. The molecule has 6 nitrogen and oxygen atoms in total. The van der Waals surface area contributed by atoms with Gasteiger partial charge < -0.3 is 20.3 Å². The van der Waals surface area contributed by atoms with Crippen LogP contribution in [0.4, 0.5) is 0 Å². The van der Waals surface area contributed by atoms with Crippen molar-refractivity contribution in [3.8, 4) is 5.75 Å². The Bertz CT molecular complexity index is 776. The monoisotopic (exact) mass is 510 g/mol. The molecule has 1 amide bonds. The lowest BCUT2D eigenvalue weighted by atomic mass is 10.1. The maximum atomic E-state index is 12.1. The van der Waals surface area contributed by atoms with Crippen molar-refractivity contribution < 1.29 is 9.53 Å². The van der Waals surface area contributed by atoms with Gasteiger partial charge in [-0.3, -0.25) is 9.79 Å². The predicted octanol–water partition coefficient (Wildman–Crippen LogP) is 3.20. The maximum absolute atomic E-state index is 12.1. The lowest BCUT2D eigenvalue weighted by Gasteiger charge is -2.22. The minimum Gasteiger partial charge on any atom is -0.497 e. The first-order valence-corrected chi connectivity index (χ1v) is 9.45. The number of hydrogen-bond acceptors (Lipinski definition) is 3. The number of hydrogen-bond donors (Lipinski definition) is 2. The zero-order chi connectivity index (χ0) is 20.4. The number of benzene rings is 2. The Balaban J connectivity index is 0.00000420. The second kappa shape index (κ2) is 13.0. The van der Waals surface area contributed by atoms with Crippen LogP contribution in [-0.4, -0.2) is 44.5 Å². The van der Waals surface area contributed by atoms with Crippen LogP contribution in [0.2, 0.25) is 0 Å². The number of rotatable bonds is 8. The lowest BCUT2D eigenvalue weighted by Crippen LogP contribution is -2.43. The highest BCUT2D eigenvalue weighted by molar-refractivity contribution is 14.0. The minimum atomic E-state index is -0.0855. The average Bonchev–Trinajstić information content (AvgIpc) is 2.73. The molecule has 0 aliphatic carbocycles. The molecule has 0 fully saturated rings. The number of carbonyl (C=O) groups is 1. The number of aliphatic imine (C=N–C) groups is 1. The molecule has 7 heteroatoms. The largest absolute Gasteiger partial charge is 0.497 e. The van der Waals surface area contributed by atoms with Crippen LogP contribution in [0.1, 0.15) is 23.6 Å². The molecule has 2 rings (SSSR count). The second-order valence-electron chi connectivity index (χ2n) is 6.55. The van der Waals surface area contributed by atoms with Gasteiger partial charge in [-0.1, -0.05) is 43.3 Å². The molecule has 0 radical (unpaired) electrons. The van der Waals surface area contributed by atoms with E-state index >= 15 is 0 Å². The normalized spacial score (nSPS) is 10.7. The van der Waals surface area contributed by atoms with E-state index in [1.165, 1.54) is 11.1 Å². The summed E-state index contributed by atoms with van der Waals surface area (Å²) in [6, 6.07) is 16.2. The van der Waals surface area contributed by atoms with Crippen molar-refractivity contribution in [2.45, 2.75) is 26.4 Å². The van der Waals surface area contributed by atoms with Gasteiger partial charge in [0, 0.05) is 27.2 Å². The zero-order valence-electron chi connectivity index (χ0n) is 17.6. The predicted molar refractivity (Wildman–Crippen MR) is 129 cm³/mol. The second-order valence-corrected chi connectivity index (χ2v) is 6.55. The van der Waals surface area contributed by atoms with Crippen LogP contribution >= 0.6 is 24.0 Å². The summed E-state index contributed by atoms with van der Waals surface area (Å²) in [6.45, 7) is 3.51. The molecule has 0 aliphatic heterocycles. The van der Waals surface area contributed by atoms with Gasteiger partial charge in [-0.25, -0.2) is 0 Å². The Morgan fingerprint density at radius 2 is 1.59 bits per heavy atom. The molecule has 0 spiro atoms. The molecule has 2 aromatic carbocycles. The summed E-state index contributed by atoms with van der Waals surface area (Å²) >= 11 is 0. The highest BCUT2D eigenvalue weighted by Crippen LogP contribution is 2.11. The summed E-state index contributed by atoms with van der Waals surface area (Å²) in [4.78, 5) is 18.4. The van der Waals surface area contributed by atoms with E-state index < -0.39 is 0 Å². The van der Waals surface area contributed by atoms with Crippen LogP contribution in [-0.2, 0) is 24.3 Å². The number of methoxy groups -OCH3 is 1. The van der Waals surface area contributed by atoms with E-state index in [1.807, 2.05) is 36.2 Å². The third-order valence-corrected chi connectivity index (χ3v) is 4.48. The van der Waals surface area contributed by atoms with Crippen molar-refractivity contribution in [1.82, 2.24) is 15.5 Å². The van der Waals surface area contributed by atoms with Crippen LogP contribution in [0.5, 0.6) is 5.75 Å². The number of halogens is 1. The van der Waals surface area contributed by atoms with E-state index in [-0.39, 0.29) is 36.4 Å². The van der Waals surface area contributed by atoms with Crippen LogP contribution in [0.25, 0.3) is 0 Å². The van der Waals surface area contributed by atoms with Gasteiger partial charge in [-0.15, -0.1) is 24.0 Å². The fourth-order valence-corrected chi connectivity index (χ4v) is 2.78. The highest BCUT2D eigenvalue weighted by Gasteiger charge is 2.09. The van der Waals surface area contributed by atoms with Crippen molar-refractivity contribution in [3.63, 3.8) is 0 Å². The summed E-state index contributed by atoms with van der Waals surface area (Å²) in [5.74, 6) is 1.39. The minimum absolute atomic E-state index is 0. The number of nitrogens with one attached hydrogen (secondary N) is 2. The smallest absolute Gasteiger partial charge is 0.239 e. The van der Waals surface area contributed by atoms with Crippen molar-refractivity contribution in [2.24, 2.45) is 4.99 Å².